The third kappa shape index (κ3) is 6.51. The molecular formula is C22H16Cl3FN2S. The molecule has 2 nitrogen and oxygen atoms in total. The SMILES string of the molecule is NC(=Nc1cc(Cl)cc(Cl)c1)SCc1ccc(/C=C/c2c(F)cccc2Cl)cc1. The van der Waals surface area contributed by atoms with Crippen LogP contribution in [0.25, 0.3) is 12.2 Å². The van der Waals surface area contributed by atoms with Gasteiger partial charge in [0.1, 0.15) is 5.82 Å². The van der Waals surface area contributed by atoms with E-state index < -0.39 is 0 Å². The van der Waals surface area contributed by atoms with Crippen LogP contribution in [-0.4, -0.2) is 5.17 Å². The molecule has 0 saturated heterocycles. The van der Waals surface area contributed by atoms with E-state index in [-0.39, 0.29) is 5.82 Å². The molecule has 0 spiro atoms. The van der Waals surface area contributed by atoms with Gasteiger partial charge in [-0.1, -0.05) is 83.0 Å². The van der Waals surface area contributed by atoms with E-state index in [1.54, 1.807) is 36.4 Å². The molecule has 0 heterocycles. The van der Waals surface area contributed by atoms with Gasteiger partial charge in [-0.3, -0.25) is 0 Å². The van der Waals surface area contributed by atoms with Crippen molar-refractivity contribution in [3.63, 3.8) is 0 Å². The van der Waals surface area contributed by atoms with Gasteiger partial charge < -0.3 is 5.73 Å². The molecule has 3 aromatic carbocycles. The maximum absolute atomic E-state index is 13.8. The van der Waals surface area contributed by atoms with Crippen LogP contribution < -0.4 is 5.73 Å². The standard InChI is InChI=1S/C22H16Cl3FN2S/c23-16-10-17(24)12-18(11-16)28-22(27)29-13-15-6-4-14(5-7-15)8-9-19-20(25)2-1-3-21(19)26/h1-12H,13H2,(H2,27,28)/b9-8+. The van der Waals surface area contributed by atoms with E-state index in [4.69, 9.17) is 40.5 Å². The van der Waals surface area contributed by atoms with Crippen molar-refractivity contribution in [2.24, 2.45) is 10.7 Å². The predicted octanol–water partition coefficient (Wildman–Crippen LogP) is 7.84. The van der Waals surface area contributed by atoms with E-state index in [1.807, 2.05) is 30.3 Å². The molecule has 3 rings (SSSR count). The molecular weight excluding hydrogens is 450 g/mol. The molecule has 2 N–H and O–H groups in total. The molecule has 0 fully saturated rings. The third-order valence-corrected chi connectivity index (χ3v) is 5.53. The molecule has 148 valence electrons. The lowest BCUT2D eigenvalue weighted by molar-refractivity contribution is 0.625. The zero-order chi connectivity index (χ0) is 20.8. The average Bonchev–Trinajstić information content (AvgIpc) is 2.66. The van der Waals surface area contributed by atoms with Crippen molar-refractivity contribution in [1.29, 1.82) is 0 Å². The Bertz CT molecular complexity index is 1030. The Kier molecular flexibility index (Phi) is 7.62. The average molecular weight is 466 g/mol. The summed E-state index contributed by atoms with van der Waals surface area (Å²) in [5.74, 6) is 0.310. The van der Waals surface area contributed by atoms with E-state index in [9.17, 15) is 4.39 Å². The predicted molar refractivity (Wildman–Crippen MR) is 126 cm³/mol. The molecule has 0 aromatic heterocycles. The highest BCUT2D eigenvalue weighted by molar-refractivity contribution is 8.13. The van der Waals surface area contributed by atoms with Gasteiger partial charge in [0.25, 0.3) is 0 Å². The summed E-state index contributed by atoms with van der Waals surface area (Å²) in [6, 6.07) is 17.5. The summed E-state index contributed by atoms with van der Waals surface area (Å²) < 4.78 is 13.8. The number of amidine groups is 1. The number of hydrogen-bond acceptors (Lipinski definition) is 2. The van der Waals surface area contributed by atoms with Gasteiger partial charge in [0.15, 0.2) is 5.17 Å². The van der Waals surface area contributed by atoms with Crippen molar-refractivity contribution < 1.29 is 4.39 Å². The molecule has 0 saturated carbocycles. The fourth-order valence-electron chi connectivity index (χ4n) is 2.50. The Hall–Kier alpha value is -1.98. The van der Waals surface area contributed by atoms with E-state index in [0.29, 0.717) is 37.2 Å². The summed E-state index contributed by atoms with van der Waals surface area (Å²) in [6.07, 6.45) is 3.49. The van der Waals surface area contributed by atoms with Crippen molar-refractivity contribution in [2.45, 2.75) is 5.75 Å². The fourth-order valence-corrected chi connectivity index (χ4v) is 3.91. The lowest BCUT2D eigenvalue weighted by atomic mass is 10.1. The van der Waals surface area contributed by atoms with Crippen LogP contribution in [0, 0.1) is 5.82 Å². The van der Waals surface area contributed by atoms with Gasteiger partial charge in [-0.05, 0) is 47.5 Å². The van der Waals surface area contributed by atoms with Gasteiger partial charge in [0, 0.05) is 21.4 Å². The minimum atomic E-state index is -0.350. The smallest absolute Gasteiger partial charge is 0.159 e. The molecule has 0 bridgehead atoms. The van der Waals surface area contributed by atoms with Crippen LogP contribution in [0.5, 0.6) is 0 Å². The molecule has 0 atom stereocenters. The Labute approximate surface area is 188 Å². The molecule has 7 heteroatoms. The fraction of sp³-hybridized carbons (Fsp3) is 0.0455. The minimum Gasteiger partial charge on any atom is -0.378 e. The summed E-state index contributed by atoms with van der Waals surface area (Å²) in [7, 11) is 0. The van der Waals surface area contributed by atoms with Gasteiger partial charge in [0.05, 0.1) is 10.7 Å². The topological polar surface area (TPSA) is 38.4 Å². The van der Waals surface area contributed by atoms with Gasteiger partial charge >= 0.3 is 0 Å². The van der Waals surface area contributed by atoms with Crippen LogP contribution in [-0.2, 0) is 5.75 Å². The van der Waals surface area contributed by atoms with Crippen molar-refractivity contribution in [2.75, 3.05) is 0 Å². The molecule has 0 radical (unpaired) electrons. The Morgan fingerprint density at radius 2 is 1.66 bits per heavy atom. The van der Waals surface area contributed by atoms with Gasteiger partial charge in [0.2, 0.25) is 0 Å². The maximum atomic E-state index is 13.8. The number of thioether (sulfide) groups is 1. The lowest BCUT2D eigenvalue weighted by Gasteiger charge is -2.04. The molecule has 0 aliphatic heterocycles. The second kappa shape index (κ2) is 10.2. The summed E-state index contributed by atoms with van der Waals surface area (Å²) in [5, 5.41) is 1.82. The Morgan fingerprint density at radius 1 is 0.966 bits per heavy atom. The molecule has 0 unspecified atom stereocenters. The van der Waals surface area contributed by atoms with Crippen molar-refractivity contribution in [1.82, 2.24) is 0 Å². The quantitative estimate of drug-likeness (QED) is 0.237. The third-order valence-electron chi connectivity index (χ3n) is 3.90. The summed E-state index contributed by atoms with van der Waals surface area (Å²) in [5.41, 5.74) is 9.00. The highest BCUT2D eigenvalue weighted by atomic mass is 35.5. The minimum absolute atomic E-state index is 0.350. The maximum Gasteiger partial charge on any atom is 0.159 e. The number of benzene rings is 3. The van der Waals surface area contributed by atoms with Crippen LogP contribution >= 0.6 is 46.6 Å². The number of nitrogens with zero attached hydrogens (tertiary/aromatic N) is 1. The van der Waals surface area contributed by atoms with Crippen LogP contribution in [0.1, 0.15) is 16.7 Å². The Balaban J connectivity index is 1.62. The zero-order valence-corrected chi connectivity index (χ0v) is 18.2. The number of halogens is 4. The highest BCUT2D eigenvalue weighted by Gasteiger charge is 2.03. The monoisotopic (exact) mass is 464 g/mol. The first-order valence-electron chi connectivity index (χ1n) is 8.55. The van der Waals surface area contributed by atoms with Crippen LogP contribution in [0.2, 0.25) is 15.1 Å². The lowest BCUT2D eigenvalue weighted by Crippen LogP contribution is -2.06. The summed E-state index contributed by atoms with van der Waals surface area (Å²) >= 11 is 19.4. The number of rotatable bonds is 5. The molecule has 0 aliphatic carbocycles. The zero-order valence-electron chi connectivity index (χ0n) is 15.1. The largest absolute Gasteiger partial charge is 0.378 e. The van der Waals surface area contributed by atoms with Crippen LogP contribution in [0.4, 0.5) is 10.1 Å². The first-order valence-corrected chi connectivity index (χ1v) is 10.7. The second-order valence-electron chi connectivity index (χ2n) is 6.08. The number of aliphatic imine (C=N–C) groups is 1. The first kappa shape index (κ1) is 21.7. The van der Waals surface area contributed by atoms with Crippen molar-refractivity contribution in [3.8, 4) is 0 Å². The van der Waals surface area contributed by atoms with Gasteiger partial charge in [-0.2, -0.15) is 0 Å². The first-order chi connectivity index (χ1) is 13.9. The van der Waals surface area contributed by atoms with Crippen molar-refractivity contribution >= 4 is 69.6 Å². The molecule has 3 aromatic rings. The van der Waals surface area contributed by atoms with Gasteiger partial charge in [-0.15, -0.1) is 0 Å². The van der Waals surface area contributed by atoms with E-state index in [0.717, 1.165) is 11.1 Å². The van der Waals surface area contributed by atoms with E-state index in [1.165, 1.54) is 17.8 Å². The summed E-state index contributed by atoms with van der Waals surface area (Å²) in [4.78, 5) is 4.32. The second-order valence-corrected chi connectivity index (χ2v) is 8.35. The van der Waals surface area contributed by atoms with Crippen LogP contribution in [0.15, 0.2) is 65.7 Å². The normalized spacial score (nSPS) is 11.9. The van der Waals surface area contributed by atoms with Crippen LogP contribution in [0.3, 0.4) is 0 Å². The van der Waals surface area contributed by atoms with Gasteiger partial charge in [-0.25, -0.2) is 9.38 Å². The van der Waals surface area contributed by atoms with E-state index in [2.05, 4.69) is 4.99 Å². The number of nitrogens with two attached hydrogens (primary N) is 1. The van der Waals surface area contributed by atoms with E-state index >= 15 is 0 Å². The molecule has 0 aliphatic rings. The highest BCUT2D eigenvalue weighted by Crippen LogP contribution is 2.26. The molecule has 0 amide bonds. The molecule has 29 heavy (non-hydrogen) atoms. The number of hydrogen-bond donors (Lipinski definition) is 1. The summed E-state index contributed by atoms with van der Waals surface area (Å²) in [6.45, 7) is 0. The van der Waals surface area contributed by atoms with Crippen molar-refractivity contribution in [3.05, 3.63) is 98.2 Å². The Morgan fingerprint density at radius 3 is 2.31 bits per heavy atom.